The number of nitrogens with zero attached hydrogens (tertiary/aromatic N) is 2. The highest BCUT2D eigenvalue weighted by atomic mass is 35.5. The molecule has 0 saturated carbocycles. The standard InChI is InChI=1S/C21H15Cl3N2S/c22-18-10-17(11-19(23)21(18)24)27-20(12-26-8-7-25-13-26)16-6-5-14-3-1-2-4-15(14)9-16/h1-11,13,20H,12H2. The van der Waals surface area contributed by atoms with E-state index < -0.39 is 0 Å². The number of benzene rings is 3. The number of halogens is 3. The predicted molar refractivity (Wildman–Crippen MR) is 116 cm³/mol. The molecule has 1 aromatic heterocycles. The molecule has 1 heterocycles. The predicted octanol–water partition coefficient (Wildman–Crippen LogP) is 7.53. The van der Waals surface area contributed by atoms with Crippen LogP contribution in [0.4, 0.5) is 0 Å². The van der Waals surface area contributed by atoms with Gasteiger partial charge in [-0.1, -0.05) is 71.2 Å². The molecule has 27 heavy (non-hydrogen) atoms. The molecule has 1 atom stereocenters. The topological polar surface area (TPSA) is 17.8 Å². The van der Waals surface area contributed by atoms with Gasteiger partial charge in [0.05, 0.1) is 26.6 Å². The van der Waals surface area contributed by atoms with Gasteiger partial charge in [-0.15, -0.1) is 11.8 Å². The van der Waals surface area contributed by atoms with Crippen molar-refractivity contribution < 1.29 is 0 Å². The highest BCUT2D eigenvalue weighted by molar-refractivity contribution is 7.99. The fraction of sp³-hybridized carbons (Fsp3) is 0.0952. The Balaban J connectivity index is 1.71. The molecule has 3 aromatic carbocycles. The van der Waals surface area contributed by atoms with Crippen molar-refractivity contribution in [3.05, 3.63) is 93.9 Å². The minimum Gasteiger partial charge on any atom is -0.336 e. The minimum atomic E-state index is 0.164. The Morgan fingerprint density at radius 2 is 1.67 bits per heavy atom. The molecule has 0 fully saturated rings. The lowest BCUT2D eigenvalue weighted by atomic mass is 10.0. The Morgan fingerprint density at radius 1 is 0.926 bits per heavy atom. The maximum atomic E-state index is 6.22. The van der Waals surface area contributed by atoms with Crippen LogP contribution < -0.4 is 0 Å². The molecule has 6 heteroatoms. The number of imidazole rings is 1. The maximum absolute atomic E-state index is 6.22. The smallest absolute Gasteiger partial charge is 0.0946 e. The first-order chi connectivity index (χ1) is 13.1. The van der Waals surface area contributed by atoms with Gasteiger partial charge in [0.25, 0.3) is 0 Å². The van der Waals surface area contributed by atoms with E-state index in [2.05, 4.69) is 52.0 Å². The summed E-state index contributed by atoms with van der Waals surface area (Å²) in [5.41, 5.74) is 1.23. The summed E-state index contributed by atoms with van der Waals surface area (Å²) in [5, 5.41) is 3.93. The molecule has 4 aromatic rings. The van der Waals surface area contributed by atoms with Crippen molar-refractivity contribution in [1.29, 1.82) is 0 Å². The highest BCUT2D eigenvalue weighted by Crippen LogP contribution is 2.41. The van der Waals surface area contributed by atoms with Crippen LogP contribution in [0.2, 0.25) is 15.1 Å². The fourth-order valence-electron chi connectivity index (χ4n) is 2.97. The lowest BCUT2D eigenvalue weighted by Crippen LogP contribution is -2.05. The summed E-state index contributed by atoms with van der Waals surface area (Å²) in [6.07, 6.45) is 5.59. The third-order valence-electron chi connectivity index (χ3n) is 4.32. The van der Waals surface area contributed by atoms with Crippen LogP contribution in [-0.4, -0.2) is 9.55 Å². The summed E-state index contributed by atoms with van der Waals surface area (Å²) in [4.78, 5) is 5.14. The van der Waals surface area contributed by atoms with Crippen molar-refractivity contribution in [1.82, 2.24) is 9.55 Å². The number of aromatic nitrogens is 2. The van der Waals surface area contributed by atoms with Crippen molar-refractivity contribution in [3.63, 3.8) is 0 Å². The third-order valence-corrected chi connectivity index (χ3v) is 6.73. The van der Waals surface area contributed by atoms with Crippen molar-refractivity contribution >= 4 is 57.3 Å². The average Bonchev–Trinajstić information content (AvgIpc) is 3.18. The van der Waals surface area contributed by atoms with Gasteiger partial charge in [0.2, 0.25) is 0 Å². The van der Waals surface area contributed by atoms with Crippen molar-refractivity contribution in [2.45, 2.75) is 16.7 Å². The van der Waals surface area contributed by atoms with Crippen LogP contribution in [-0.2, 0) is 6.54 Å². The summed E-state index contributed by atoms with van der Waals surface area (Å²) in [5.74, 6) is 0. The Bertz CT molecular complexity index is 1060. The molecule has 0 aliphatic rings. The average molecular weight is 434 g/mol. The number of hydrogen-bond acceptors (Lipinski definition) is 2. The lowest BCUT2D eigenvalue weighted by molar-refractivity contribution is 0.684. The largest absolute Gasteiger partial charge is 0.336 e. The molecule has 4 rings (SSSR count). The zero-order valence-corrected chi connectivity index (χ0v) is 17.2. The normalized spacial score (nSPS) is 12.4. The highest BCUT2D eigenvalue weighted by Gasteiger charge is 2.17. The first-order valence-corrected chi connectivity index (χ1v) is 10.4. The van der Waals surface area contributed by atoms with E-state index in [9.17, 15) is 0 Å². The van der Waals surface area contributed by atoms with Crippen LogP contribution in [0.3, 0.4) is 0 Å². The zero-order valence-electron chi connectivity index (χ0n) is 14.1. The second kappa shape index (κ2) is 8.15. The van der Waals surface area contributed by atoms with Gasteiger partial charge in [0.15, 0.2) is 0 Å². The number of thioether (sulfide) groups is 1. The molecular weight excluding hydrogens is 419 g/mol. The molecule has 0 amide bonds. The van der Waals surface area contributed by atoms with Crippen LogP contribution in [0.15, 0.2) is 78.2 Å². The minimum absolute atomic E-state index is 0.164. The van der Waals surface area contributed by atoms with Crippen LogP contribution in [0.1, 0.15) is 10.8 Å². The van der Waals surface area contributed by atoms with Gasteiger partial charge in [0.1, 0.15) is 0 Å². The third kappa shape index (κ3) is 4.27. The SMILES string of the molecule is Clc1cc(SC(Cn2ccnc2)c2ccc3ccccc3c2)cc(Cl)c1Cl. The van der Waals surface area contributed by atoms with Gasteiger partial charge in [0, 0.05) is 23.8 Å². The van der Waals surface area contributed by atoms with Gasteiger partial charge < -0.3 is 4.57 Å². The van der Waals surface area contributed by atoms with E-state index in [-0.39, 0.29) is 5.25 Å². The molecule has 2 nitrogen and oxygen atoms in total. The molecule has 0 bridgehead atoms. The molecular formula is C21H15Cl3N2S. The molecule has 1 unspecified atom stereocenters. The lowest BCUT2D eigenvalue weighted by Gasteiger charge is -2.19. The molecule has 0 radical (unpaired) electrons. The number of rotatable bonds is 5. The number of fused-ring (bicyclic) bond motifs is 1. The summed E-state index contributed by atoms with van der Waals surface area (Å²) in [6.45, 7) is 0.779. The van der Waals surface area contributed by atoms with E-state index in [0.717, 1.165) is 11.4 Å². The van der Waals surface area contributed by atoms with Crippen molar-refractivity contribution in [2.75, 3.05) is 0 Å². The second-order valence-corrected chi connectivity index (χ2v) is 8.64. The monoisotopic (exact) mass is 432 g/mol. The van der Waals surface area contributed by atoms with Gasteiger partial charge >= 0.3 is 0 Å². The van der Waals surface area contributed by atoms with Crippen molar-refractivity contribution in [2.24, 2.45) is 0 Å². The van der Waals surface area contributed by atoms with E-state index in [1.54, 1.807) is 18.0 Å². The Hall–Kier alpha value is -1.65. The Kier molecular flexibility index (Phi) is 5.65. The zero-order chi connectivity index (χ0) is 18.8. The van der Waals surface area contributed by atoms with Gasteiger partial charge in [-0.3, -0.25) is 0 Å². The quantitative estimate of drug-likeness (QED) is 0.239. The molecule has 0 aliphatic heterocycles. The van der Waals surface area contributed by atoms with Gasteiger partial charge in [-0.25, -0.2) is 4.98 Å². The van der Waals surface area contributed by atoms with Crippen molar-refractivity contribution in [3.8, 4) is 0 Å². The summed E-state index contributed by atoms with van der Waals surface area (Å²) >= 11 is 20.3. The maximum Gasteiger partial charge on any atom is 0.0946 e. The van der Waals surface area contributed by atoms with E-state index in [4.69, 9.17) is 34.8 Å². The summed E-state index contributed by atoms with van der Waals surface area (Å²) in [7, 11) is 0. The molecule has 0 spiro atoms. The van der Waals surface area contributed by atoms with Gasteiger partial charge in [-0.05, 0) is 34.5 Å². The summed E-state index contributed by atoms with van der Waals surface area (Å²) in [6, 6.07) is 18.7. The second-order valence-electron chi connectivity index (χ2n) is 6.17. The van der Waals surface area contributed by atoms with E-state index in [1.165, 1.54) is 16.3 Å². The van der Waals surface area contributed by atoms with Crippen LogP contribution in [0, 0.1) is 0 Å². The Morgan fingerprint density at radius 3 is 2.37 bits per heavy atom. The van der Waals surface area contributed by atoms with Crippen LogP contribution in [0.5, 0.6) is 0 Å². The van der Waals surface area contributed by atoms with Crippen LogP contribution >= 0.6 is 46.6 Å². The number of hydrogen-bond donors (Lipinski definition) is 0. The fourth-order valence-corrected chi connectivity index (χ4v) is 4.92. The first kappa shape index (κ1) is 18.7. The molecule has 0 N–H and O–H groups in total. The Labute approximate surface area is 177 Å². The van der Waals surface area contributed by atoms with Crippen LogP contribution in [0.25, 0.3) is 10.8 Å². The van der Waals surface area contributed by atoms with Gasteiger partial charge in [-0.2, -0.15) is 0 Å². The molecule has 136 valence electrons. The summed E-state index contributed by atoms with van der Waals surface area (Å²) < 4.78 is 2.08. The van der Waals surface area contributed by atoms with E-state index >= 15 is 0 Å². The van der Waals surface area contributed by atoms with E-state index in [0.29, 0.717) is 15.1 Å². The first-order valence-electron chi connectivity index (χ1n) is 8.36. The molecule has 0 aliphatic carbocycles. The molecule has 0 saturated heterocycles. The van der Waals surface area contributed by atoms with E-state index in [1.807, 2.05) is 24.7 Å².